The van der Waals surface area contributed by atoms with E-state index in [1.54, 1.807) is 0 Å². The van der Waals surface area contributed by atoms with Gasteiger partial charge in [0.05, 0.1) is 11.3 Å². The van der Waals surface area contributed by atoms with E-state index in [2.05, 4.69) is 104 Å². The van der Waals surface area contributed by atoms with E-state index < -0.39 is 0 Å². The molecule has 0 aromatic heterocycles. The van der Waals surface area contributed by atoms with E-state index >= 15 is 0 Å². The Hall–Kier alpha value is -2.74. The van der Waals surface area contributed by atoms with Crippen LogP contribution in [-0.2, 0) is 5.54 Å². The third-order valence-electron chi connectivity index (χ3n) is 9.95. The van der Waals surface area contributed by atoms with Crippen molar-refractivity contribution in [3.63, 3.8) is 0 Å². The molecule has 4 rings (SSSR count). The molecule has 3 unspecified atom stereocenters. The molecule has 2 aromatic rings. The summed E-state index contributed by atoms with van der Waals surface area (Å²) < 4.78 is 0. The minimum Gasteiger partial charge on any atom is -0.382 e. The number of carbonyl (C=O) groups is 1. The fourth-order valence-corrected chi connectivity index (χ4v) is 7.39. The van der Waals surface area contributed by atoms with E-state index in [-0.39, 0.29) is 11.4 Å². The minimum atomic E-state index is 0.0117. The minimum absolute atomic E-state index is 0.0117. The number of piperazine rings is 1. The maximum Gasteiger partial charge on any atom is 0.256 e. The van der Waals surface area contributed by atoms with Crippen molar-refractivity contribution in [2.75, 3.05) is 45.6 Å². The van der Waals surface area contributed by atoms with Crippen molar-refractivity contribution in [3.8, 4) is 0 Å². The van der Waals surface area contributed by atoms with Gasteiger partial charge >= 0.3 is 0 Å². The number of hydrogen-bond acceptors (Lipinski definition) is 6. The lowest BCUT2D eigenvalue weighted by molar-refractivity contribution is 0.0774. The lowest BCUT2D eigenvalue weighted by atomic mass is 9.81. The van der Waals surface area contributed by atoms with Crippen LogP contribution in [-0.4, -0.2) is 91.8 Å². The zero-order valence-corrected chi connectivity index (χ0v) is 29.6. The van der Waals surface area contributed by atoms with Crippen LogP contribution >= 0.6 is 0 Å². The van der Waals surface area contributed by atoms with Crippen LogP contribution in [0.1, 0.15) is 102 Å². The van der Waals surface area contributed by atoms with Gasteiger partial charge in [-0.1, -0.05) is 43.7 Å². The number of aliphatic imine (C=N–C) groups is 1. The topological polar surface area (TPSA) is 63.2 Å². The van der Waals surface area contributed by atoms with Crippen LogP contribution in [0.4, 0.5) is 11.4 Å². The Labute approximate surface area is 274 Å². The molecule has 2 aliphatic rings. The van der Waals surface area contributed by atoms with E-state index in [9.17, 15) is 4.79 Å². The Bertz CT molecular complexity index is 1170. The van der Waals surface area contributed by atoms with E-state index in [1.807, 2.05) is 36.9 Å². The summed E-state index contributed by atoms with van der Waals surface area (Å²) in [7, 11) is 4.40. The van der Waals surface area contributed by atoms with Crippen molar-refractivity contribution in [3.05, 3.63) is 59.7 Å². The highest BCUT2D eigenvalue weighted by Crippen LogP contribution is 2.40. The summed E-state index contributed by atoms with van der Waals surface area (Å²) in [6, 6.07) is 19.2. The van der Waals surface area contributed by atoms with Crippen LogP contribution in [0.2, 0.25) is 0 Å². The molecular weight excluding hydrogens is 556 g/mol. The number of rotatable bonds is 11. The van der Waals surface area contributed by atoms with Gasteiger partial charge in [0.1, 0.15) is 0 Å². The van der Waals surface area contributed by atoms with Gasteiger partial charge in [0.2, 0.25) is 0 Å². The van der Waals surface area contributed by atoms with Crippen molar-refractivity contribution >= 4 is 24.0 Å². The largest absolute Gasteiger partial charge is 0.382 e. The van der Waals surface area contributed by atoms with Crippen molar-refractivity contribution in [1.82, 2.24) is 20.0 Å². The molecule has 1 amide bonds. The van der Waals surface area contributed by atoms with Gasteiger partial charge in [0, 0.05) is 61.6 Å². The monoisotopic (exact) mass is 618 g/mol. The highest BCUT2D eigenvalue weighted by atomic mass is 16.2. The van der Waals surface area contributed by atoms with Gasteiger partial charge in [-0.2, -0.15) is 0 Å². The Balaban J connectivity index is 0.000000355. The van der Waals surface area contributed by atoms with Crippen LogP contribution < -0.4 is 10.6 Å². The van der Waals surface area contributed by atoms with E-state index in [0.29, 0.717) is 42.5 Å². The SMILES string of the molecule is C=Nc1ccc(N[C@@H]2CCC[C@](c3ccccc3)(N(C)C)CC2)cc1C(=O)N(CC)CC.CCCC(C)N1CC(C)NC(C)C1. The summed E-state index contributed by atoms with van der Waals surface area (Å²) in [6.45, 7) is 20.6. The molecule has 250 valence electrons. The lowest BCUT2D eigenvalue weighted by Crippen LogP contribution is -2.56. The summed E-state index contributed by atoms with van der Waals surface area (Å²) in [5.74, 6) is 0.0117. The average Bonchev–Trinajstić information content (AvgIpc) is 3.25. The average molecular weight is 619 g/mol. The zero-order chi connectivity index (χ0) is 33.0. The second kappa shape index (κ2) is 17.8. The van der Waals surface area contributed by atoms with Gasteiger partial charge in [-0.15, -0.1) is 0 Å². The van der Waals surface area contributed by atoms with Gasteiger partial charge in [0.25, 0.3) is 5.91 Å². The molecule has 1 aliphatic carbocycles. The number of nitrogens with one attached hydrogen (secondary N) is 2. The van der Waals surface area contributed by atoms with Gasteiger partial charge in [-0.25, -0.2) is 0 Å². The van der Waals surface area contributed by atoms with Crippen LogP contribution in [0.5, 0.6) is 0 Å². The molecule has 45 heavy (non-hydrogen) atoms. The highest BCUT2D eigenvalue weighted by molar-refractivity contribution is 6.00. The summed E-state index contributed by atoms with van der Waals surface area (Å²) in [6.07, 6.45) is 8.22. The third-order valence-corrected chi connectivity index (χ3v) is 9.95. The number of nitrogens with zero attached hydrogens (tertiary/aromatic N) is 4. The van der Waals surface area contributed by atoms with Crippen LogP contribution in [0.15, 0.2) is 53.5 Å². The normalized spacial score (nSPS) is 24.6. The summed E-state index contributed by atoms with van der Waals surface area (Å²) >= 11 is 0. The second-order valence-corrected chi connectivity index (χ2v) is 13.5. The second-order valence-electron chi connectivity index (χ2n) is 13.5. The van der Waals surface area contributed by atoms with E-state index in [4.69, 9.17) is 0 Å². The first-order valence-corrected chi connectivity index (χ1v) is 17.5. The molecule has 0 bridgehead atoms. The van der Waals surface area contributed by atoms with Gasteiger partial charge < -0.3 is 15.5 Å². The molecule has 1 heterocycles. The predicted octanol–water partition coefficient (Wildman–Crippen LogP) is 7.56. The van der Waals surface area contributed by atoms with E-state index in [0.717, 1.165) is 43.8 Å². The molecule has 0 spiro atoms. The van der Waals surface area contributed by atoms with Crippen LogP contribution in [0.25, 0.3) is 0 Å². The molecule has 2 fully saturated rings. The Morgan fingerprint density at radius 3 is 2.29 bits per heavy atom. The molecule has 2 N–H and O–H groups in total. The Morgan fingerprint density at radius 1 is 1.04 bits per heavy atom. The summed E-state index contributed by atoms with van der Waals surface area (Å²) in [5, 5.41) is 7.28. The summed E-state index contributed by atoms with van der Waals surface area (Å²) in [4.78, 5) is 23.9. The quantitative estimate of drug-likeness (QED) is 0.201. The van der Waals surface area contributed by atoms with Gasteiger partial charge in [0.15, 0.2) is 0 Å². The van der Waals surface area contributed by atoms with Gasteiger partial charge in [-0.3, -0.25) is 19.6 Å². The number of benzene rings is 2. The first kappa shape index (κ1) is 36.7. The molecule has 2 aromatic carbocycles. The van der Waals surface area contributed by atoms with Crippen molar-refractivity contribution in [2.45, 2.75) is 116 Å². The number of hydrogen-bond donors (Lipinski definition) is 2. The lowest BCUT2D eigenvalue weighted by Gasteiger charge is -2.40. The number of amides is 1. The smallest absolute Gasteiger partial charge is 0.256 e. The molecule has 1 aliphatic heterocycles. The summed E-state index contributed by atoms with van der Waals surface area (Å²) in [5.41, 5.74) is 3.71. The molecule has 0 radical (unpaired) electrons. The number of carbonyl (C=O) groups excluding carboxylic acids is 1. The first-order valence-electron chi connectivity index (χ1n) is 17.5. The fraction of sp³-hybridized carbons (Fsp3) is 0.632. The maximum absolute atomic E-state index is 13.0. The van der Waals surface area contributed by atoms with Gasteiger partial charge in [-0.05, 0) is 118 Å². The molecule has 1 saturated carbocycles. The molecule has 1 saturated heterocycles. The molecular formula is C38H62N6O. The van der Waals surface area contributed by atoms with Crippen molar-refractivity contribution in [2.24, 2.45) is 4.99 Å². The van der Waals surface area contributed by atoms with Crippen molar-refractivity contribution < 1.29 is 4.79 Å². The predicted molar refractivity (Wildman–Crippen MR) is 193 cm³/mol. The first-order chi connectivity index (χ1) is 21.6. The molecule has 5 atom stereocenters. The van der Waals surface area contributed by atoms with Crippen molar-refractivity contribution in [1.29, 1.82) is 0 Å². The number of anilines is 1. The highest BCUT2D eigenvalue weighted by Gasteiger charge is 2.36. The third kappa shape index (κ3) is 9.87. The zero-order valence-electron chi connectivity index (χ0n) is 29.6. The fourth-order valence-electron chi connectivity index (χ4n) is 7.39. The maximum atomic E-state index is 13.0. The Kier molecular flexibility index (Phi) is 14.5. The Morgan fingerprint density at radius 2 is 1.71 bits per heavy atom. The standard InChI is InChI=1S/C27H38N4O.C11H24N2/c1-6-31(7-2)26(32)24-20-23(15-16-25(24)28-3)29-22-14-11-18-27(19-17-22,30(4)5)21-12-9-8-10-13-21;1-5-6-11(4)13-7-9(2)12-10(3)8-13/h8-10,12-13,15-16,20,22,29H,3,6-7,11,14,17-19H2,1-2,4-5H3;9-12H,5-8H2,1-4H3/t22-,27+;/m1./s1. The van der Waals surface area contributed by atoms with Crippen LogP contribution in [0, 0.1) is 0 Å². The van der Waals surface area contributed by atoms with Crippen LogP contribution in [0.3, 0.4) is 0 Å². The molecule has 7 heteroatoms. The van der Waals surface area contributed by atoms with E-state index in [1.165, 1.54) is 31.5 Å². The molecule has 7 nitrogen and oxygen atoms in total.